The summed E-state index contributed by atoms with van der Waals surface area (Å²) in [6.07, 6.45) is 3.87. The van der Waals surface area contributed by atoms with Crippen molar-refractivity contribution >= 4 is 17.5 Å². The van der Waals surface area contributed by atoms with E-state index in [2.05, 4.69) is 12.2 Å². The average molecular weight is 273 g/mol. The topological polar surface area (TPSA) is 54.3 Å². The van der Waals surface area contributed by atoms with Gasteiger partial charge in [-0.15, -0.1) is 0 Å². The zero-order chi connectivity index (χ0) is 13.5. The largest absolute Gasteiger partial charge is 0.393 e. The minimum Gasteiger partial charge on any atom is -0.393 e. The molecule has 0 aliphatic carbocycles. The highest BCUT2D eigenvalue weighted by Crippen LogP contribution is 2.14. The van der Waals surface area contributed by atoms with Crippen LogP contribution in [0.4, 0.5) is 0 Å². The lowest BCUT2D eigenvalue weighted by atomic mass is 10.2. The summed E-state index contributed by atoms with van der Waals surface area (Å²) in [6.45, 7) is 5.15. The van der Waals surface area contributed by atoms with Gasteiger partial charge in [0.25, 0.3) is 5.91 Å². The Labute approximate surface area is 113 Å². The molecule has 5 heteroatoms. The Morgan fingerprint density at radius 2 is 2.33 bits per heavy atom. The molecular weight excluding hydrogens is 252 g/mol. The first-order valence-corrected chi connectivity index (χ1v) is 6.74. The SMILES string of the molecule is CCCn1cc(Cl)cc1C(=O)NCCCC(C)O. The van der Waals surface area contributed by atoms with Gasteiger partial charge in [0.2, 0.25) is 0 Å². The molecule has 0 radical (unpaired) electrons. The smallest absolute Gasteiger partial charge is 0.267 e. The van der Waals surface area contributed by atoms with E-state index in [1.165, 1.54) is 0 Å². The zero-order valence-electron chi connectivity index (χ0n) is 10.9. The lowest BCUT2D eigenvalue weighted by Crippen LogP contribution is -2.27. The van der Waals surface area contributed by atoms with Crippen LogP contribution in [-0.2, 0) is 6.54 Å². The number of nitrogens with zero attached hydrogens (tertiary/aromatic N) is 1. The van der Waals surface area contributed by atoms with Crippen LogP contribution in [0.3, 0.4) is 0 Å². The molecule has 1 aromatic heterocycles. The van der Waals surface area contributed by atoms with Gasteiger partial charge in [0.15, 0.2) is 0 Å². The summed E-state index contributed by atoms with van der Waals surface area (Å²) in [5.74, 6) is -0.110. The number of carbonyl (C=O) groups excluding carboxylic acids is 1. The normalized spacial score (nSPS) is 12.4. The minimum atomic E-state index is -0.319. The second-order valence-corrected chi connectivity index (χ2v) is 4.92. The second kappa shape index (κ2) is 7.44. The second-order valence-electron chi connectivity index (χ2n) is 4.48. The van der Waals surface area contributed by atoms with Crippen LogP contribution in [0.15, 0.2) is 12.3 Å². The van der Waals surface area contributed by atoms with E-state index in [1.54, 1.807) is 19.2 Å². The predicted octanol–water partition coefficient (Wildman–Crippen LogP) is 2.44. The third-order valence-electron chi connectivity index (χ3n) is 2.64. The minimum absolute atomic E-state index is 0.110. The number of hydrogen-bond donors (Lipinski definition) is 2. The molecule has 1 amide bonds. The molecule has 0 aliphatic rings. The van der Waals surface area contributed by atoms with E-state index >= 15 is 0 Å². The Morgan fingerprint density at radius 3 is 2.94 bits per heavy atom. The van der Waals surface area contributed by atoms with E-state index in [4.69, 9.17) is 16.7 Å². The summed E-state index contributed by atoms with van der Waals surface area (Å²) in [6, 6.07) is 1.68. The molecule has 0 saturated carbocycles. The maximum absolute atomic E-state index is 11.9. The molecule has 4 nitrogen and oxygen atoms in total. The molecule has 0 spiro atoms. The van der Waals surface area contributed by atoms with Crippen molar-refractivity contribution in [3.8, 4) is 0 Å². The van der Waals surface area contributed by atoms with Crippen LogP contribution in [0, 0.1) is 0 Å². The van der Waals surface area contributed by atoms with Crippen LogP contribution < -0.4 is 5.32 Å². The molecule has 1 rings (SSSR count). The first-order valence-electron chi connectivity index (χ1n) is 6.36. The van der Waals surface area contributed by atoms with E-state index in [-0.39, 0.29) is 12.0 Å². The number of halogens is 1. The molecule has 0 fully saturated rings. The molecule has 2 N–H and O–H groups in total. The Bertz CT molecular complexity index is 388. The maximum Gasteiger partial charge on any atom is 0.267 e. The van der Waals surface area contributed by atoms with Crippen LogP contribution in [0.2, 0.25) is 5.02 Å². The molecule has 0 bridgehead atoms. The van der Waals surface area contributed by atoms with Gasteiger partial charge in [0.05, 0.1) is 11.1 Å². The number of aliphatic hydroxyl groups is 1. The number of nitrogens with one attached hydrogen (secondary N) is 1. The van der Waals surface area contributed by atoms with Crippen molar-refractivity contribution in [2.45, 2.75) is 45.8 Å². The van der Waals surface area contributed by atoms with Crippen molar-refractivity contribution in [3.05, 3.63) is 23.0 Å². The van der Waals surface area contributed by atoms with Gasteiger partial charge in [0, 0.05) is 19.3 Å². The van der Waals surface area contributed by atoms with Crippen molar-refractivity contribution < 1.29 is 9.90 Å². The van der Waals surface area contributed by atoms with E-state index in [9.17, 15) is 4.79 Å². The van der Waals surface area contributed by atoms with Crippen molar-refractivity contribution in [1.29, 1.82) is 0 Å². The summed E-state index contributed by atoms with van der Waals surface area (Å²) in [5, 5.41) is 12.5. The highest BCUT2D eigenvalue weighted by atomic mass is 35.5. The molecule has 0 saturated heterocycles. The summed E-state index contributed by atoms with van der Waals surface area (Å²) < 4.78 is 1.87. The highest BCUT2D eigenvalue weighted by molar-refractivity contribution is 6.31. The van der Waals surface area contributed by atoms with Crippen LogP contribution in [-0.4, -0.2) is 28.2 Å². The summed E-state index contributed by atoms with van der Waals surface area (Å²) in [4.78, 5) is 11.9. The fraction of sp³-hybridized carbons (Fsp3) is 0.615. The molecule has 0 aromatic carbocycles. The maximum atomic E-state index is 11.9. The summed E-state index contributed by atoms with van der Waals surface area (Å²) in [7, 11) is 0. The van der Waals surface area contributed by atoms with E-state index in [0.29, 0.717) is 23.7 Å². The van der Waals surface area contributed by atoms with Gasteiger partial charge in [0.1, 0.15) is 5.69 Å². The first kappa shape index (κ1) is 15.1. The molecule has 1 unspecified atom stereocenters. The quantitative estimate of drug-likeness (QED) is 0.749. The third kappa shape index (κ3) is 4.70. The fourth-order valence-electron chi connectivity index (χ4n) is 1.78. The van der Waals surface area contributed by atoms with Gasteiger partial charge in [-0.2, -0.15) is 0 Å². The van der Waals surface area contributed by atoms with Crippen molar-refractivity contribution in [3.63, 3.8) is 0 Å². The summed E-state index contributed by atoms with van der Waals surface area (Å²) in [5.41, 5.74) is 0.596. The molecule has 1 aromatic rings. The third-order valence-corrected chi connectivity index (χ3v) is 2.85. The van der Waals surface area contributed by atoms with Crippen LogP contribution >= 0.6 is 11.6 Å². The first-order chi connectivity index (χ1) is 8.54. The fourth-order valence-corrected chi connectivity index (χ4v) is 2.00. The number of hydrogen-bond acceptors (Lipinski definition) is 2. The van der Waals surface area contributed by atoms with E-state index < -0.39 is 0 Å². The number of aromatic nitrogens is 1. The molecule has 1 atom stereocenters. The van der Waals surface area contributed by atoms with Crippen molar-refractivity contribution in [2.24, 2.45) is 0 Å². The van der Waals surface area contributed by atoms with Gasteiger partial charge < -0.3 is 15.0 Å². The zero-order valence-corrected chi connectivity index (χ0v) is 11.7. The van der Waals surface area contributed by atoms with Gasteiger partial charge in [-0.25, -0.2) is 0 Å². The van der Waals surface area contributed by atoms with Gasteiger partial charge in [-0.3, -0.25) is 4.79 Å². The Kier molecular flexibility index (Phi) is 6.22. The Morgan fingerprint density at radius 1 is 1.61 bits per heavy atom. The molecule has 0 aliphatic heterocycles. The highest BCUT2D eigenvalue weighted by Gasteiger charge is 2.12. The van der Waals surface area contributed by atoms with Crippen LogP contribution in [0.5, 0.6) is 0 Å². The van der Waals surface area contributed by atoms with Gasteiger partial charge in [-0.1, -0.05) is 18.5 Å². The molecule has 18 heavy (non-hydrogen) atoms. The molecule has 1 heterocycles. The molecular formula is C13H21ClN2O2. The lowest BCUT2D eigenvalue weighted by molar-refractivity contribution is 0.0940. The van der Waals surface area contributed by atoms with E-state index in [1.807, 2.05) is 4.57 Å². The van der Waals surface area contributed by atoms with Gasteiger partial charge >= 0.3 is 0 Å². The van der Waals surface area contributed by atoms with Crippen molar-refractivity contribution in [2.75, 3.05) is 6.54 Å². The van der Waals surface area contributed by atoms with Crippen LogP contribution in [0.1, 0.15) is 43.6 Å². The number of amides is 1. The lowest BCUT2D eigenvalue weighted by Gasteiger charge is -2.09. The van der Waals surface area contributed by atoms with Crippen LogP contribution in [0.25, 0.3) is 0 Å². The Hall–Kier alpha value is -1.00. The van der Waals surface area contributed by atoms with E-state index in [0.717, 1.165) is 19.4 Å². The Balaban J connectivity index is 2.50. The number of aryl methyl sites for hydroxylation is 1. The monoisotopic (exact) mass is 272 g/mol. The predicted molar refractivity (Wildman–Crippen MR) is 73.0 cm³/mol. The number of rotatable bonds is 7. The number of carbonyl (C=O) groups is 1. The van der Waals surface area contributed by atoms with Gasteiger partial charge in [-0.05, 0) is 32.3 Å². The standard InChI is InChI=1S/C13H21ClN2O2/c1-3-7-16-9-11(14)8-12(16)13(18)15-6-4-5-10(2)17/h8-10,17H,3-7H2,1-2H3,(H,15,18). The molecule has 102 valence electrons. The summed E-state index contributed by atoms with van der Waals surface area (Å²) >= 11 is 5.91. The average Bonchev–Trinajstić information content (AvgIpc) is 2.66. The number of aliphatic hydroxyl groups excluding tert-OH is 1. The van der Waals surface area contributed by atoms with Crippen molar-refractivity contribution in [1.82, 2.24) is 9.88 Å².